The molecule has 0 saturated heterocycles. The molecule has 0 unspecified atom stereocenters. The van der Waals surface area contributed by atoms with E-state index < -0.39 is 0 Å². The van der Waals surface area contributed by atoms with Gasteiger partial charge >= 0.3 is 0 Å². The number of H-pyrrole nitrogens is 1. The lowest BCUT2D eigenvalue weighted by Gasteiger charge is -2.23. The molecule has 0 spiro atoms. The molecule has 0 aliphatic carbocycles. The molecule has 0 saturated carbocycles. The maximum absolute atomic E-state index is 12.7. The van der Waals surface area contributed by atoms with E-state index in [2.05, 4.69) is 15.2 Å². The smallest absolute Gasteiger partial charge is 0.233 e. The summed E-state index contributed by atoms with van der Waals surface area (Å²) in [6.07, 6.45) is 1.44. The summed E-state index contributed by atoms with van der Waals surface area (Å²) in [4.78, 5) is 18.6. The van der Waals surface area contributed by atoms with Crippen LogP contribution in [0.4, 0.5) is 0 Å². The van der Waals surface area contributed by atoms with Gasteiger partial charge in [-0.1, -0.05) is 72.4 Å². The number of benzene rings is 2. The second kappa shape index (κ2) is 8.31. The number of aromatic nitrogens is 3. The quantitative estimate of drug-likeness (QED) is 0.672. The number of hydrogen-bond donors (Lipinski definition) is 1. The van der Waals surface area contributed by atoms with E-state index in [-0.39, 0.29) is 5.91 Å². The van der Waals surface area contributed by atoms with Gasteiger partial charge in [-0.2, -0.15) is 5.10 Å². The second-order valence-electron chi connectivity index (χ2n) is 5.30. The van der Waals surface area contributed by atoms with Gasteiger partial charge in [-0.25, -0.2) is 4.98 Å². The molecule has 6 heteroatoms. The van der Waals surface area contributed by atoms with Crippen LogP contribution >= 0.6 is 11.8 Å². The summed E-state index contributed by atoms with van der Waals surface area (Å²) in [7, 11) is 0. The fourth-order valence-corrected chi connectivity index (χ4v) is 3.01. The van der Waals surface area contributed by atoms with Gasteiger partial charge in [-0.3, -0.25) is 9.89 Å². The highest BCUT2D eigenvalue weighted by molar-refractivity contribution is 7.99. The van der Waals surface area contributed by atoms with Crippen molar-refractivity contribution in [3.8, 4) is 0 Å². The fourth-order valence-electron chi connectivity index (χ4n) is 2.33. The number of carbonyl (C=O) groups excluding carboxylic acids is 1. The van der Waals surface area contributed by atoms with Gasteiger partial charge in [0.05, 0.1) is 5.75 Å². The van der Waals surface area contributed by atoms with Crippen molar-refractivity contribution in [2.45, 2.75) is 18.2 Å². The van der Waals surface area contributed by atoms with Crippen LogP contribution in [-0.4, -0.2) is 31.7 Å². The van der Waals surface area contributed by atoms with E-state index in [1.54, 1.807) is 0 Å². The van der Waals surface area contributed by atoms with Crippen molar-refractivity contribution in [2.24, 2.45) is 0 Å². The lowest BCUT2D eigenvalue weighted by molar-refractivity contribution is -0.129. The summed E-state index contributed by atoms with van der Waals surface area (Å²) < 4.78 is 0. The molecular weight excluding hydrogens is 320 g/mol. The Morgan fingerprint density at radius 1 is 0.958 bits per heavy atom. The normalized spacial score (nSPS) is 10.5. The molecule has 0 bridgehead atoms. The van der Waals surface area contributed by atoms with Gasteiger partial charge in [0.1, 0.15) is 6.33 Å². The minimum atomic E-state index is 0.0732. The highest BCUT2D eigenvalue weighted by Gasteiger charge is 2.15. The van der Waals surface area contributed by atoms with E-state index in [9.17, 15) is 4.79 Å². The van der Waals surface area contributed by atoms with Crippen molar-refractivity contribution >= 4 is 17.7 Å². The van der Waals surface area contributed by atoms with E-state index in [1.165, 1.54) is 18.1 Å². The third-order valence-corrected chi connectivity index (χ3v) is 4.37. The van der Waals surface area contributed by atoms with Gasteiger partial charge in [0.2, 0.25) is 5.91 Å². The fraction of sp³-hybridized carbons (Fsp3) is 0.167. The van der Waals surface area contributed by atoms with E-state index in [0.717, 1.165) is 11.1 Å². The minimum Gasteiger partial charge on any atom is -0.333 e. The second-order valence-corrected chi connectivity index (χ2v) is 6.26. The number of rotatable bonds is 7. The van der Waals surface area contributed by atoms with E-state index in [1.807, 2.05) is 65.6 Å². The van der Waals surface area contributed by atoms with E-state index in [4.69, 9.17) is 0 Å². The monoisotopic (exact) mass is 338 g/mol. The molecule has 0 fully saturated rings. The van der Waals surface area contributed by atoms with Crippen LogP contribution in [0.2, 0.25) is 0 Å². The molecule has 24 heavy (non-hydrogen) atoms. The average Bonchev–Trinajstić information content (AvgIpc) is 3.14. The Morgan fingerprint density at radius 2 is 1.54 bits per heavy atom. The van der Waals surface area contributed by atoms with Crippen molar-refractivity contribution < 1.29 is 4.79 Å². The summed E-state index contributed by atoms with van der Waals surface area (Å²) in [6.45, 7) is 1.18. The number of hydrogen-bond acceptors (Lipinski definition) is 4. The van der Waals surface area contributed by atoms with Gasteiger partial charge in [-0.15, -0.1) is 0 Å². The number of aromatic amines is 1. The van der Waals surface area contributed by atoms with Gasteiger partial charge in [-0.05, 0) is 11.1 Å². The first kappa shape index (κ1) is 16.3. The Hall–Kier alpha value is -2.60. The summed E-state index contributed by atoms with van der Waals surface area (Å²) in [5.74, 6) is 0.401. The van der Waals surface area contributed by atoms with Crippen LogP contribution in [-0.2, 0) is 17.9 Å². The summed E-state index contributed by atoms with van der Waals surface area (Å²) in [5.41, 5.74) is 2.23. The van der Waals surface area contributed by atoms with Crippen LogP contribution in [0.15, 0.2) is 72.1 Å². The molecule has 5 nitrogen and oxygen atoms in total. The largest absolute Gasteiger partial charge is 0.333 e. The lowest BCUT2D eigenvalue weighted by atomic mass is 10.1. The Balaban J connectivity index is 1.69. The van der Waals surface area contributed by atoms with E-state index in [0.29, 0.717) is 24.0 Å². The molecule has 3 rings (SSSR count). The molecule has 0 aliphatic heterocycles. The van der Waals surface area contributed by atoms with E-state index >= 15 is 0 Å². The SMILES string of the molecule is O=C(CSc1ncn[nH]1)N(Cc1ccccc1)Cc1ccccc1. The topological polar surface area (TPSA) is 61.9 Å². The number of nitrogens with one attached hydrogen (secondary N) is 1. The standard InChI is InChI=1S/C18H18N4OS/c23-17(13-24-18-19-14-20-21-18)22(11-15-7-3-1-4-8-15)12-16-9-5-2-6-10-16/h1-10,14H,11-13H2,(H,19,20,21). The zero-order chi connectivity index (χ0) is 16.6. The van der Waals surface area contributed by atoms with Gasteiger partial charge in [0.25, 0.3) is 0 Å². The van der Waals surface area contributed by atoms with Crippen LogP contribution in [0.25, 0.3) is 0 Å². The molecule has 2 aromatic carbocycles. The van der Waals surface area contributed by atoms with Crippen LogP contribution in [0, 0.1) is 0 Å². The van der Waals surface area contributed by atoms with Gasteiger partial charge in [0.15, 0.2) is 5.16 Å². The summed E-state index contributed by atoms with van der Waals surface area (Å²) in [5, 5.41) is 7.22. The molecule has 1 aromatic heterocycles. The Bertz CT molecular complexity index is 706. The zero-order valence-corrected chi connectivity index (χ0v) is 13.9. The van der Waals surface area contributed by atoms with Crippen molar-refractivity contribution in [3.05, 3.63) is 78.1 Å². The highest BCUT2D eigenvalue weighted by Crippen LogP contribution is 2.15. The minimum absolute atomic E-state index is 0.0732. The molecule has 0 atom stereocenters. The zero-order valence-electron chi connectivity index (χ0n) is 13.1. The van der Waals surface area contributed by atoms with Crippen molar-refractivity contribution in [1.29, 1.82) is 0 Å². The molecule has 1 heterocycles. The number of amides is 1. The molecule has 3 aromatic rings. The van der Waals surface area contributed by atoms with Crippen LogP contribution in [0.3, 0.4) is 0 Å². The summed E-state index contributed by atoms with van der Waals surface area (Å²) >= 11 is 1.36. The molecule has 0 aliphatic rings. The van der Waals surface area contributed by atoms with Crippen LogP contribution < -0.4 is 0 Å². The van der Waals surface area contributed by atoms with Crippen molar-refractivity contribution in [2.75, 3.05) is 5.75 Å². The molecule has 1 amide bonds. The summed E-state index contributed by atoms with van der Waals surface area (Å²) in [6, 6.07) is 20.1. The van der Waals surface area contributed by atoms with Crippen molar-refractivity contribution in [1.82, 2.24) is 20.1 Å². The maximum Gasteiger partial charge on any atom is 0.233 e. The van der Waals surface area contributed by atoms with Crippen LogP contribution in [0.1, 0.15) is 11.1 Å². The third-order valence-electron chi connectivity index (χ3n) is 3.51. The molecule has 1 N–H and O–H groups in total. The number of carbonyl (C=O) groups is 1. The van der Waals surface area contributed by atoms with Gasteiger partial charge in [0, 0.05) is 13.1 Å². The van der Waals surface area contributed by atoms with Gasteiger partial charge < -0.3 is 4.90 Å². The Labute approximate surface area is 145 Å². The average molecular weight is 338 g/mol. The van der Waals surface area contributed by atoms with Crippen LogP contribution in [0.5, 0.6) is 0 Å². The number of thioether (sulfide) groups is 1. The Kier molecular flexibility index (Phi) is 5.63. The maximum atomic E-state index is 12.7. The highest BCUT2D eigenvalue weighted by atomic mass is 32.2. The predicted molar refractivity (Wildman–Crippen MR) is 94.2 cm³/mol. The molecule has 122 valence electrons. The Morgan fingerprint density at radius 3 is 2.04 bits per heavy atom. The third kappa shape index (κ3) is 4.70. The molecule has 0 radical (unpaired) electrons. The lowest BCUT2D eigenvalue weighted by Crippen LogP contribution is -2.31. The molecular formula is C18H18N4OS. The first-order chi connectivity index (χ1) is 11.8. The first-order valence-corrected chi connectivity index (χ1v) is 8.63. The predicted octanol–water partition coefficient (Wildman–Crippen LogP) is 3.13. The first-order valence-electron chi connectivity index (χ1n) is 7.65. The van der Waals surface area contributed by atoms with Crippen molar-refractivity contribution in [3.63, 3.8) is 0 Å². The number of nitrogens with zero attached hydrogens (tertiary/aromatic N) is 3.